The molecule has 0 spiro atoms. The van der Waals surface area contributed by atoms with Crippen LogP contribution in [0.2, 0.25) is 13.1 Å². The summed E-state index contributed by atoms with van der Waals surface area (Å²) >= 11 is 3.52. The molecule has 96 valence electrons. The van der Waals surface area contributed by atoms with Crippen LogP contribution in [0.4, 0.5) is 0 Å². The summed E-state index contributed by atoms with van der Waals surface area (Å²) in [6.45, 7) is 12.0. The SMILES string of the molecule is C[SiH](C)OCc1ccc(CBr)cc1C(C)(C)C. The lowest BCUT2D eigenvalue weighted by atomic mass is 9.83. The van der Waals surface area contributed by atoms with Gasteiger partial charge in [-0.2, -0.15) is 0 Å². The van der Waals surface area contributed by atoms with Crippen LogP contribution in [-0.2, 0) is 21.8 Å². The Morgan fingerprint density at radius 2 is 1.88 bits per heavy atom. The average Bonchev–Trinajstić information content (AvgIpc) is 2.24. The molecule has 0 aliphatic carbocycles. The highest BCUT2D eigenvalue weighted by Gasteiger charge is 2.18. The maximum Gasteiger partial charge on any atom is 0.171 e. The zero-order chi connectivity index (χ0) is 13.1. The van der Waals surface area contributed by atoms with E-state index in [0.29, 0.717) is 0 Å². The topological polar surface area (TPSA) is 9.23 Å². The van der Waals surface area contributed by atoms with Crippen molar-refractivity contribution in [1.29, 1.82) is 0 Å². The molecule has 1 aromatic carbocycles. The second kappa shape index (κ2) is 6.16. The van der Waals surface area contributed by atoms with Crippen molar-refractivity contribution < 1.29 is 4.43 Å². The van der Waals surface area contributed by atoms with Crippen LogP contribution >= 0.6 is 15.9 Å². The second-order valence-corrected chi connectivity index (χ2v) is 8.73. The minimum absolute atomic E-state index is 0.176. The first-order chi connectivity index (χ1) is 7.84. The van der Waals surface area contributed by atoms with Crippen LogP contribution in [-0.4, -0.2) is 9.04 Å². The minimum Gasteiger partial charge on any atom is -0.416 e. The summed E-state index contributed by atoms with van der Waals surface area (Å²) in [6, 6.07) is 6.70. The Labute approximate surface area is 115 Å². The van der Waals surface area contributed by atoms with Crippen LogP contribution in [0.5, 0.6) is 0 Å². The van der Waals surface area contributed by atoms with E-state index in [4.69, 9.17) is 4.43 Å². The molecule has 0 N–H and O–H groups in total. The van der Waals surface area contributed by atoms with Gasteiger partial charge in [0.25, 0.3) is 0 Å². The fraction of sp³-hybridized carbons (Fsp3) is 0.571. The van der Waals surface area contributed by atoms with E-state index in [9.17, 15) is 0 Å². The lowest BCUT2D eigenvalue weighted by molar-refractivity contribution is 0.310. The van der Waals surface area contributed by atoms with E-state index in [1.807, 2.05) is 0 Å². The third-order valence-electron chi connectivity index (χ3n) is 2.71. The lowest BCUT2D eigenvalue weighted by Gasteiger charge is -2.24. The summed E-state index contributed by atoms with van der Waals surface area (Å²) in [5.41, 5.74) is 4.25. The van der Waals surface area contributed by atoms with Crippen molar-refractivity contribution in [2.24, 2.45) is 0 Å². The monoisotopic (exact) mass is 314 g/mol. The molecule has 3 heteroatoms. The molecule has 0 saturated carbocycles. The standard InChI is InChI=1S/C14H23BrOSi/c1-14(2,3)13-8-11(9-15)6-7-12(13)10-16-17(4)5/h6-8,17H,9-10H2,1-5H3. The summed E-state index contributed by atoms with van der Waals surface area (Å²) in [5.74, 6) is 0. The fourth-order valence-corrected chi connectivity index (χ4v) is 2.65. The van der Waals surface area contributed by atoms with Crippen molar-refractivity contribution in [2.75, 3.05) is 0 Å². The first-order valence-electron chi connectivity index (χ1n) is 6.14. The summed E-state index contributed by atoms with van der Waals surface area (Å²) < 4.78 is 5.86. The van der Waals surface area contributed by atoms with Crippen molar-refractivity contribution in [1.82, 2.24) is 0 Å². The van der Waals surface area contributed by atoms with E-state index in [2.05, 4.69) is 68.0 Å². The van der Waals surface area contributed by atoms with Gasteiger partial charge in [0.2, 0.25) is 0 Å². The molecule has 0 radical (unpaired) electrons. The summed E-state index contributed by atoms with van der Waals surface area (Å²) in [5, 5.41) is 0.913. The number of benzene rings is 1. The third kappa shape index (κ3) is 4.57. The van der Waals surface area contributed by atoms with Crippen LogP contribution in [0, 0.1) is 0 Å². The minimum atomic E-state index is -0.944. The molecule has 0 unspecified atom stereocenters. The smallest absolute Gasteiger partial charge is 0.171 e. The molecular formula is C14H23BrOSi. The van der Waals surface area contributed by atoms with E-state index in [1.54, 1.807) is 0 Å². The maximum absolute atomic E-state index is 5.86. The van der Waals surface area contributed by atoms with E-state index >= 15 is 0 Å². The highest BCUT2D eigenvalue weighted by molar-refractivity contribution is 9.08. The zero-order valence-corrected chi connectivity index (χ0v) is 14.3. The predicted octanol–water partition coefficient (Wildman–Crippen LogP) is 4.38. The molecule has 0 amide bonds. The van der Waals surface area contributed by atoms with Gasteiger partial charge in [0.15, 0.2) is 9.04 Å². The molecule has 1 nitrogen and oxygen atoms in total. The normalized spacial score (nSPS) is 12.2. The quantitative estimate of drug-likeness (QED) is 0.592. The summed E-state index contributed by atoms with van der Waals surface area (Å²) in [7, 11) is -0.944. The summed E-state index contributed by atoms with van der Waals surface area (Å²) in [6.07, 6.45) is 0. The van der Waals surface area contributed by atoms with Crippen LogP contribution in [0.15, 0.2) is 18.2 Å². The van der Waals surface area contributed by atoms with Gasteiger partial charge in [0.05, 0.1) is 6.61 Å². The maximum atomic E-state index is 5.86. The van der Waals surface area contributed by atoms with Crippen LogP contribution in [0.1, 0.15) is 37.5 Å². The Morgan fingerprint density at radius 3 is 2.35 bits per heavy atom. The van der Waals surface area contributed by atoms with Gasteiger partial charge in [-0.15, -0.1) is 0 Å². The van der Waals surface area contributed by atoms with E-state index < -0.39 is 9.04 Å². The molecule has 0 saturated heterocycles. The van der Waals surface area contributed by atoms with Gasteiger partial charge in [-0.3, -0.25) is 0 Å². The number of hydrogen-bond donors (Lipinski definition) is 0. The van der Waals surface area contributed by atoms with Gasteiger partial charge < -0.3 is 4.43 Å². The largest absolute Gasteiger partial charge is 0.416 e. The van der Waals surface area contributed by atoms with Crippen LogP contribution in [0.3, 0.4) is 0 Å². The number of hydrogen-bond acceptors (Lipinski definition) is 1. The number of rotatable bonds is 4. The highest BCUT2D eigenvalue weighted by atomic mass is 79.9. The van der Waals surface area contributed by atoms with Crippen molar-refractivity contribution in [2.45, 2.75) is 51.2 Å². The molecule has 0 fully saturated rings. The van der Waals surface area contributed by atoms with Crippen LogP contribution in [0.25, 0.3) is 0 Å². The van der Waals surface area contributed by atoms with E-state index in [1.165, 1.54) is 16.7 Å². The lowest BCUT2D eigenvalue weighted by Crippen LogP contribution is -2.17. The highest BCUT2D eigenvalue weighted by Crippen LogP contribution is 2.28. The van der Waals surface area contributed by atoms with Crippen molar-refractivity contribution in [3.8, 4) is 0 Å². The summed E-state index contributed by atoms with van der Waals surface area (Å²) in [4.78, 5) is 0. The van der Waals surface area contributed by atoms with Gasteiger partial charge in [0, 0.05) is 5.33 Å². The first kappa shape index (κ1) is 14.9. The van der Waals surface area contributed by atoms with Gasteiger partial charge >= 0.3 is 0 Å². The van der Waals surface area contributed by atoms with Crippen LogP contribution < -0.4 is 0 Å². The molecule has 0 atom stereocenters. The molecule has 0 heterocycles. The Hall–Kier alpha value is -0.123. The molecule has 0 bridgehead atoms. The molecule has 1 rings (SSSR count). The Kier molecular flexibility index (Phi) is 5.42. The second-order valence-electron chi connectivity index (χ2n) is 5.73. The Balaban J connectivity index is 3.03. The number of halogens is 1. The Morgan fingerprint density at radius 1 is 1.24 bits per heavy atom. The van der Waals surface area contributed by atoms with E-state index in [-0.39, 0.29) is 5.41 Å². The zero-order valence-electron chi connectivity index (χ0n) is 11.5. The molecular weight excluding hydrogens is 292 g/mol. The van der Waals surface area contributed by atoms with Crippen molar-refractivity contribution >= 4 is 25.0 Å². The Bertz CT molecular complexity index is 369. The van der Waals surface area contributed by atoms with Gasteiger partial charge in [-0.05, 0) is 35.2 Å². The molecule has 0 aliphatic rings. The molecule has 17 heavy (non-hydrogen) atoms. The first-order valence-corrected chi connectivity index (χ1v) is 10.0. The van der Waals surface area contributed by atoms with E-state index in [0.717, 1.165) is 11.9 Å². The van der Waals surface area contributed by atoms with Crippen molar-refractivity contribution in [3.63, 3.8) is 0 Å². The molecule has 1 aromatic rings. The molecule has 0 aromatic heterocycles. The van der Waals surface area contributed by atoms with Crippen molar-refractivity contribution in [3.05, 3.63) is 34.9 Å². The average molecular weight is 315 g/mol. The third-order valence-corrected chi connectivity index (χ3v) is 4.19. The number of alkyl halides is 1. The predicted molar refractivity (Wildman–Crippen MR) is 81.4 cm³/mol. The fourth-order valence-electron chi connectivity index (χ4n) is 1.79. The van der Waals surface area contributed by atoms with Gasteiger partial charge in [-0.25, -0.2) is 0 Å². The van der Waals surface area contributed by atoms with Gasteiger partial charge in [0.1, 0.15) is 0 Å². The van der Waals surface area contributed by atoms with Gasteiger partial charge in [-0.1, -0.05) is 54.9 Å². The molecule has 0 aliphatic heterocycles.